The molecule has 0 spiro atoms. The van der Waals surface area contributed by atoms with E-state index in [2.05, 4.69) is 13.8 Å². The van der Waals surface area contributed by atoms with E-state index in [1.54, 1.807) is 11.9 Å². The van der Waals surface area contributed by atoms with Crippen molar-refractivity contribution < 1.29 is 24.2 Å². The molecule has 3 atom stereocenters. The van der Waals surface area contributed by atoms with E-state index in [0.29, 0.717) is 24.5 Å². The second-order valence-corrected chi connectivity index (χ2v) is 9.42. The van der Waals surface area contributed by atoms with Gasteiger partial charge in [0.2, 0.25) is 5.91 Å². The first kappa shape index (κ1) is 27.2. The number of unbranched alkanes of at least 4 members (excludes halogenated alkanes) is 2. The number of esters is 1. The minimum atomic E-state index is -0.645. The number of ether oxygens (including phenoxy) is 2. The predicted octanol–water partition coefficient (Wildman–Crippen LogP) is 4.91. The van der Waals surface area contributed by atoms with Gasteiger partial charge < -0.3 is 19.5 Å². The molecule has 1 aliphatic heterocycles. The highest BCUT2D eigenvalue weighted by Gasteiger charge is 2.30. The summed E-state index contributed by atoms with van der Waals surface area (Å²) in [5.74, 6) is 0.933. The zero-order valence-electron chi connectivity index (χ0n) is 20.8. The Labute approximate surface area is 199 Å². The lowest BCUT2D eigenvalue weighted by molar-refractivity contribution is -0.159. The summed E-state index contributed by atoms with van der Waals surface area (Å²) in [5.41, 5.74) is 0.938. The first-order chi connectivity index (χ1) is 15.9. The molecule has 186 valence electrons. The largest absolute Gasteiger partial charge is 0.491 e. The van der Waals surface area contributed by atoms with E-state index in [4.69, 9.17) is 14.6 Å². The topological polar surface area (TPSA) is 76.1 Å². The number of likely N-dealkylation sites (N-methyl/N-ethyl adjacent to an activating group) is 1. The minimum Gasteiger partial charge on any atom is -0.491 e. The van der Waals surface area contributed by atoms with Crippen LogP contribution in [0.25, 0.3) is 0 Å². The Kier molecular flexibility index (Phi) is 12.3. The quantitative estimate of drug-likeness (QED) is 0.418. The second kappa shape index (κ2) is 14.9. The molecule has 1 aromatic rings. The lowest BCUT2D eigenvalue weighted by atomic mass is 9.95. The number of carbonyl (C=O) groups excluding carboxylic acids is 2. The van der Waals surface area contributed by atoms with Crippen molar-refractivity contribution in [1.29, 1.82) is 0 Å². The average molecular weight is 462 g/mol. The van der Waals surface area contributed by atoms with Gasteiger partial charge in [-0.05, 0) is 55.7 Å². The summed E-state index contributed by atoms with van der Waals surface area (Å²) in [6, 6.07) is 6.81. The van der Waals surface area contributed by atoms with E-state index in [-0.39, 0.29) is 31.2 Å². The number of cyclic esters (lactones) is 1. The molecule has 1 amide bonds. The fourth-order valence-electron chi connectivity index (χ4n) is 4.35. The van der Waals surface area contributed by atoms with E-state index >= 15 is 0 Å². The van der Waals surface area contributed by atoms with Crippen LogP contribution in [0.15, 0.2) is 24.3 Å². The molecule has 0 bridgehead atoms. The van der Waals surface area contributed by atoms with Crippen molar-refractivity contribution in [3.63, 3.8) is 0 Å². The summed E-state index contributed by atoms with van der Waals surface area (Å²) in [5, 5.41) is 8.92. The van der Waals surface area contributed by atoms with Gasteiger partial charge in [0.1, 0.15) is 24.5 Å². The van der Waals surface area contributed by atoms with Crippen LogP contribution in [0.5, 0.6) is 5.75 Å². The number of amides is 1. The number of benzene rings is 1. The lowest BCUT2D eigenvalue weighted by Crippen LogP contribution is -2.45. The number of nitrogens with zero attached hydrogens (tertiary/aromatic N) is 1. The van der Waals surface area contributed by atoms with E-state index in [9.17, 15) is 9.59 Å². The Hall–Kier alpha value is -2.08. The van der Waals surface area contributed by atoms with Gasteiger partial charge in [-0.15, -0.1) is 0 Å². The molecule has 3 unspecified atom stereocenters. The molecule has 33 heavy (non-hydrogen) atoms. The van der Waals surface area contributed by atoms with Gasteiger partial charge in [0.05, 0.1) is 6.61 Å². The maximum absolute atomic E-state index is 13.3. The highest BCUT2D eigenvalue weighted by atomic mass is 16.5. The number of carbonyl (C=O) groups is 2. The molecule has 1 N–H and O–H groups in total. The Bertz CT molecular complexity index is 705. The van der Waals surface area contributed by atoms with Crippen LogP contribution < -0.4 is 4.74 Å². The van der Waals surface area contributed by atoms with Crippen LogP contribution in [0.4, 0.5) is 0 Å². The monoisotopic (exact) mass is 461 g/mol. The molecule has 1 saturated heterocycles. The third-order valence-electron chi connectivity index (χ3n) is 6.58. The van der Waals surface area contributed by atoms with Crippen molar-refractivity contribution in [3.8, 4) is 5.75 Å². The number of hydrogen-bond donors (Lipinski definition) is 1. The third kappa shape index (κ3) is 9.75. The molecule has 0 saturated carbocycles. The molecule has 1 fully saturated rings. The van der Waals surface area contributed by atoms with Gasteiger partial charge in [-0.2, -0.15) is 0 Å². The van der Waals surface area contributed by atoms with E-state index in [0.717, 1.165) is 63.4 Å². The van der Waals surface area contributed by atoms with Gasteiger partial charge in [-0.25, -0.2) is 4.79 Å². The molecule has 1 heterocycles. The van der Waals surface area contributed by atoms with Gasteiger partial charge in [-0.3, -0.25) is 4.79 Å². The standard InChI is InChI=1S/C27H43NO5/c1-4-5-6-10-24-15-12-21(2)9-7-8-11-26(30)28(3)25(27(31)33-24)20-22-13-16-23(17-14-22)32-19-18-29/h13-14,16-17,21,24-25,29H,4-12,15,18-20H2,1-3H3. The maximum Gasteiger partial charge on any atom is 0.329 e. The van der Waals surface area contributed by atoms with Gasteiger partial charge >= 0.3 is 5.97 Å². The number of aliphatic hydroxyl groups is 1. The van der Waals surface area contributed by atoms with Crippen molar-refractivity contribution >= 4 is 11.9 Å². The molecule has 1 aliphatic rings. The summed E-state index contributed by atoms with van der Waals surface area (Å²) in [6.45, 7) is 4.63. The van der Waals surface area contributed by atoms with Crippen LogP contribution in [-0.2, 0) is 20.7 Å². The normalized spacial score (nSPS) is 23.3. The van der Waals surface area contributed by atoms with Gasteiger partial charge in [0, 0.05) is 19.9 Å². The van der Waals surface area contributed by atoms with Crippen LogP contribution in [0.2, 0.25) is 0 Å². The molecular weight excluding hydrogens is 418 g/mol. The smallest absolute Gasteiger partial charge is 0.329 e. The molecule has 6 nitrogen and oxygen atoms in total. The number of aliphatic hydroxyl groups excluding tert-OH is 1. The fourth-order valence-corrected chi connectivity index (χ4v) is 4.35. The van der Waals surface area contributed by atoms with Crippen molar-refractivity contribution in [1.82, 2.24) is 4.90 Å². The van der Waals surface area contributed by atoms with Gasteiger partial charge in [-0.1, -0.05) is 51.7 Å². The Morgan fingerprint density at radius 3 is 2.55 bits per heavy atom. The maximum atomic E-state index is 13.3. The lowest BCUT2D eigenvalue weighted by Gasteiger charge is -2.29. The SMILES string of the molecule is CCCCCC1CCC(C)CCCCC(=O)N(C)C(Cc2ccc(OCCO)cc2)C(=O)O1. The molecule has 6 heteroatoms. The van der Waals surface area contributed by atoms with Gasteiger partial charge in [0.15, 0.2) is 0 Å². The molecule has 0 aromatic heterocycles. The summed E-state index contributed by atoms with van der Waals surface area (Å²) in [4.78, 5) is 27.8. The fraction of sp³-hybridized carbons (Fsp3) is 0.704. The second-order valence-electron chi connectivity index (χ2n) is 9.42. The zero-order chi connectivity index (χ0) is 24.1. The van der Waals surface area contributed by atoms with E-state index in [1.165, 1.54) is 0 Å². The summed E-state index contributed by atoms with van der Waals surface area (Å²) in [6.07, 6.45) is 9.91. The average Bonchev–Trinajstić information content (AvgIpc) is 2.82. The van der Waals surface area contributed by atoms with Crippen molar-refractivity contribution in [3.05, 3.63) is 29.8 Å². The Balaban J connectivity index is 2.17. The van der Waals surface area contributed by atoms with Crippen LogP contribution in [0.3, 0.4) is 0 Å². The minimum absolute atomic E-state index is 0.00529. The van der Waals surface area contributed by atoms with E-state index < -0.39 is 6.04 Å². The molecule has 0 radical (unpaired) electrons. The molecular formula is C27H43NO5. The van der Waals surface area contributed by atoms with Gasteiger partial charge in [0.25, 0.3) is 0 Å². The van der Waals surface area contributed by atoms with Crippen LogP contribution in [-0.4, -0.2) is 54.3 Å². The summed E-state index contributed by atoms with van der Waals surface area (Å²) >= 11 is 0. The first-order valence-corrected chi connectivity index (χ1v) is 12.7. The predicted molar refractivity (Wildman–Crippen MR) is 130 cm³/mol. The van der Waals surface area contributed by atoms with Crippen LogP contribution in [0, 0.1) is 5.92 Å². The number of rotatable bonds is 9. The highest BCUT2D eigenvalue weighted by molar-refractivity contribution is 5.84. The molecule has 1 aromatic carbocycles. The Morgan fingerprint density at radius 1 is 1.09 bits per heavy atom. The first-order valence-electron chi connectivity index (χ1n) is 12.7. The molecule has 0 aliphatic carbocycles. The summed E-state index contributed by atoms with van der Waals surface area (Å²) in [7, 11) is 1.72. The number of hydrogen-bond acceptors (Lipinski definition) is 5. The van der Waals surface area contributed by atoms with Crippen LogP contribution in [0.1, 0.15) is 83.6 Å². The zero-order valence-corrected chi connectivity index (χ0v) is 20.8. The molecule has 2 rings (SSSR count). The van der Waals surface area contributed by atoms with Crippen molar-refractivity contribution in [2.75, 3.05) is 20.3 Å². The summed E-state index contributed by atoms with van der Waals surface area (Å²) < 4.78 is 11.5. The highest BCUT2D eigenvalue weighted by Crippen LogP contribution is 2.23. The van der Waals surface area contributed by atoms with Crippen LogP contribution >= 0.6 is 0 Å². The van der Waals surface area contributed by atoms with Crippen molar-refractivity contribution in [2.45, 2.75) is 96.6 Å². The Morgan fingerprint density at radius 2 is 1.85 bits per heavy atom. The van der Waals surface area contributed by atoms with E-state index in [1.807, 2.05) is 24.3 Å². The third-order valence-corrected chi connectivity index (χ3v) is 6.58. The van der Waals surface area contributed by atoms with Crippen molar-refractivity contribution in [2.24, 2.45) is 5.92 Å².